The van der Waals surface area contributed by atoms with Gasteiger partial charge in [-0.25, -0.2) is 12.2 Å². The average molecular weight is 899 g/mol. The van der Waals surface area contributed by atoms with E-state index in [1.165, 1.54) is 79.9 Å². The Morgan fingerprint density at radius 1 is 0.500 bits per heavy atom. The fourth-order valence-corrected chi connectivity index (χ4v) is 6.74. The van der Waals surface area contributed by atoms with Crippen molar-refractivity contribution in [2.24, 2.45) is 0 Å². The third-order valence-corrected chi connectivity index (χ3v) is 9.99. The van der Waals surface area contributed by atoms with Gasteiger partial charge in [-0.05, 0) is 50.2 Å². The number of rotatable bonds is 0. The van der Waals surface area contributed by atoms with E-state index in [-0.39, 0.29) is 57.3 Å². The quantitative estimate of drug-likeness (QED) is 0.136. The Kier molecular flexibility index (Phi) is 21.6. The van der Waals surface area contributed by atoms with Gasteiger partial charge in [0.25, 0.3) is 0 Å². The van der Waals surface area contributed by atoms with E-state index in [0.29, 0.717) is 0 Å². The molecule has 6 rings (SSSR count). The van der Waals surface area contributed by atoms with Crippen LogP contribution < -0.4 is 0 Å². The Hall–Kier alpha value is -2.31. The molecule has 0 aliphatic heterocycles. The van der Waals surface area contributed by atoms with Crippen LogP contribution in [0.25, 0.3) is 11.1 Å². The zero-order valence-corrected chi connectivity index (χ0v) is 43.6. The van der Waals surface area contributed by atoms with Crippen molar-refractivity contribution in [1.82, 2.24) is 0 Å². The average Bonchev–Trinajstić information content (AvgIpc) is 3.79. The van der Waals surface area contributed by atoms with Crippen LogP contribution in [-0.4, -0.2) is 4.21 Å². The molecule has 0 nitrogen and oxygen atoms in total. The molecule has 4 aromatic carbocycles. The van der Waals surface area contributed by atoms with Crippen molar-refractivity contribution < 1.29 is 24.2 Å². The molecule has 58 heavy (non-hydrogen) atoms. The van der Waals surface area contributed by atoms with Crippen LogP contribution in [0.4, 0.5) is 0 Å². The predicted molar refractivity (Wildman–Crippen MR) is 259 cm³/mol. The number of hydrogen-bond donors (Lipinski definition) is 0. The van der Waals surface area contributed by atoms with Crippen molar-refractivity contribution in [3.8, 4) is 11.1 Å². The maximum absolute atomic E-state index is 3.90. The molecule has 2 aliphatic carbocycles. The van der Waals surface area contributed by atoms with Gasteiger partial charge < -0.3 is 0 Å². The van der Waals surface area contributed by atoms with Crippen LogP contribution in [0.15, 0.2) is 85.0 Å². The molecule has 0 unspecified atom stereocenters. The SMILES string of the molecule is CC(C)(C)c1[c-]c2c(cc1C(C)(C)C)-c1cc(C(C)(C)C)c(C(C)(C)C)cc1C2.CC(C)(C)c1cc[c-]cc1.CC(C)(C)c1cc[c-]cc1.Cl.Cl.[C-]1=CC=CC1.[CH2]=[Zr]. The van der Waals surface area contributed by atoms with Gasteiger partial charge in [-0.3, -0.25) is 6.08 Å². The van der Waals surface area contributed by atoms with Crippen molar-refractivity contribution in [3.63, 3.8) is 0 Å². The fraction of sp³-hybridized carbons (Fsp3) is 0.473. The van der Waals surface area contributed by atoms with Crippen LogP contribution in [0.3, 0.4) is 0 Å². The molecule has 0 bridgehead atoms. The van der Waals surface area contributed by atoms with E-state index in [9.17, 15) is 0 Å². The first-order chi connectivity index (χ1) is 25.6. The van der Waals surface area contributed by atoms with E-state index in [1.807, 2.05) is 36.4 Å². The van der Waals surface area contributed by atoms with Crippen molar-refractivity contribution in [3.05, 3.63) is 154 Å². The molecule has 0 radical (unpaired) electrons. The first kappa shape index (κ1) is 55.7. The normalized spacial score (nSPS) is 12.9. The maximum atomic E-state index is 3.90. The van der Waals surface area contributed by atoms with Gasteiger partial charge in [-0.15, -0.1) is 47.9 Å². The van der Waals surface area contributed by atoms with E-state index in [0.717, 1.165) is 12.8 Å². The Labute approximate surface area is 385 Å². The van der Waals surface area contributed by atoms with Crippen LogP contribution in [-0.2, 0) is 63.1 Å². The van der Waals surface area contributed by atoms with Gasteiger partial charge in [0, 0.05) is 0 Å². The van der Waals surface area contributed by atoms with Gasteiger partial charge >= 0.3 is 28.4 Å². The fourth-order valence-electron chi connectivity index (χ4n) is 6.74. The van der Waals surface area contributed by atoms with Crippen molar-refractivity contribution >= 4 is 29.0 Å². The molecular formula is C55H76Cl2Zr-4. The van der Waals surface area contributed by atoms with Crippen molar-refractivity contribution in [1.29, 1.82) is 0 Å². The third kappa shape index (κ3) is 16.6. The van der Waals surface area contributed by atoms with Crippen LogP contribution in [0, 0.1) is 24.3 Å². The Bertz CT molecular complexity index is 1750. The van der Waals surface area contributed by atoms with Gasteiger partial charge in [0.15, 0.2) is 0 Å². The molecule has 4 aromatic rings. The first-order valence-electron chi connectivity index (χ1n) is 20.4. The molecule has 0 atom stereocenters. The summed E-state index contributed by atoms with van der Waals surface area (Å²) >= 11 is 1.30. The number of halogens is 2. The van der Waals surface area contributed by atoms with E-state index in [4.69, 9.17) is 0 Å². The van der Waals surface area contributed by atoms with E-state index < -0.39 is 0 Å². The second-order valence-electron chi connectivity index (χ2n) is 21.3. The minimum atomic E-state index is 0. The predicted octanol–water partition coefficient (Wildman–Crippen LogP) is 15.9. The number of hydrogen-bond acceptors (Lipinski definition) is 0. The molecule has 318 valence electrons. The topological polar surface area (TPSA) is 0 Å². The van der Waals surface area contributed by atoms with Gasteiger partial charge in [-0.2, -0.15) is 95.6 Å². The monoisotopic (exact) mass is 896 g/mol. The van der Waals surface area contributed by atoms with E-state index in [2.05, 4.69) is 202 Å². The van der Waals surface area contributed by atoms with Crippen LogP contribution in [0.1, 0.15) is 176 Å². The summed E-state index contributed by atoms with van der Waals surface area (Å²) < 4.78 is 3.34. The number of benzene rings is 4. The molecule has 3 heteroatoms. The summed E-state index contributed by atoms with van der Waals surface area (Å²) in [6, 6.07) is 33.7. The second kappa shape index (κ2) is 22.5. The molecule has 0 saturated carbocycles. The Morgan fingerprint density at radius 3 is 1.19 bits per heavy atom. The summed E-state index contributed by atoms with van der Waals surface area (Å²) in [5.41, 5.74) is 15.2. The Morgan fingerprint density at radius 2 is 0.897 bits per heavy atom. The van der Waals surface area contributed by atoms with Crippen molar-refractivity contribution in [2.75, 3.05) is 0 Å². The van der Waals surface area contributed by atoms with Gasteiger partial charge in [0.1, 0.15) is 0 Å². The molecule has 0 N–H and O–H groups in total. The third-order valence-electron chi connectivity index (χ3n) is 9.99. The summed E-state index contributed by atoms with van der Waals surface area (Å²) in [4.78, 5) is 0. The van der Waals surface area contributed by atoms with Crippen molar-refractivity contribution in [2.45, 2.75) is 170 Å². The molecule has 0 fully saturated rings. The van der Waals surface area contributed by atoms with Crippen LogP contribution >= 0.6 is 24.8 Å². The molecule has 0 saturated heterocycles. The van der Waals surface area contributed by atoms with E-state index in [1.54, 1.807) is 0 Å². The minimum absolute atomic E-state index is 0. The Balaban J connectivity index is 0.000000911. The number of allylic oxidation sites excluding steroid dienone is 4. The second-order valence-corrected chi connectivity index (χ2v) is 21.3. The summed E-state index contributed by atoms with van der Waals surface area (Å²) in [6.07, 6.45) is 11.0. The van der Waals surface area contributed by atoms with Crippen LogP contribution in [0.2, 0.25) is 0 Å². The molecule has 0 spiro atoms. The van der Waals surface area contributed by atoms with Crippen LogP contribution in [0.5, 0.6) is 0 Å². The summed E-state index contributed by atoms with van der Waals surface area (Å²) in [7, 11) is 0. The van der Waals surface area contributed by atoms with Gasteiger partial charge in [0.2, 0.25) is 0 Å². The molecular weight excluding hydrogens is 823 g/mol. The summed E-state index contributed by atoms with van der Waals surface area (Å²) in [5, 5.41) is 0. The standard InChI is InChI=1S/C29H41.2C10H13.C5H5.CH2.2ClH.Zr/c1-26(2,3)22-14-18-13-19-15-23(27(4,5)6)25(29(10,11)12)17-21(19)20(18)16-24(22)28(7,8)9;2*1-10(2,3)9-7-5-4-6-8-9;1-2-4-5-3-1;;;;/h14,16-17H,13H2,1-12H3;2*5-8H,1-3H3;1-3H,4H2;1H2;2*1H;/q4*-1;;;;. The molecule has 2 aliphatic rings. The summed E-state index contributed by atoms with van der Waals surface area (Å²) in [5.74, 6) is 0. The summed E-state index contributed by atoms with van der Waals surface area (Å²) in [6.45, 7) is 41.3. The molecule has 0 amide bonds. The zero-order valence-electron chi connectivity index (χ0n) is 39.5. The van der Waals surface area contributed by atoms with Gasteiger partial charge in [0.05, 0.1) is 0 Å². The first-order valence-corrected chi connectivity index (χ1v) is 22.1. The van der Waals surface area contributed by atoms with E-state index >= 15 is 0 Å². The number of fused-ring (bicyclic) bond motifs is 3. The molecule has 0 heterocycles. The zero-order chi connectivity index (χ0) is 42.9. The van der Waals surface area contributed by atoms with Gasteiger partial charge in [-0.1, -0.05) is 148 Å². The molecule has 0 aromatic heterocycles.